The maximum atomic E-state index is 12.6. The van der Waals surface area contributed by atoms with Crippen LogP contribution in [0.1, 0.15) is 47.8 Å². The van der Waals surface area contributed by atoms with Gasteiger partial charge in [0.15, 0.2) is 0 Å². The highest BCUT2D eigenvalue weighted by atomic mass is 35.5. The minimum absolute atomic E-state index is 0.0378. The van der Waals surface area contributed by atoms with Crippen LogP contribution in [-0.2, 0) is 9.53 Å². The zero-order valence-electron chi connectivity index (χ0n) is 14.5. The molecule has 0 saturated heterocycles. The Morgan fingerprint density at radius 3 is 2.38 bits per heavy atom. The lowest BCUT2D eigenvalue weighted by Crippen LogP contribution is -2.31. The molecular weight excluding hydrogens is 352 g/mol. The summed E-state index contributed by atoms with van der Waals surface area (Å²) in [6.07, 6.45) is -0.284. The van der Waals surface area contributed by atoms with Crippen LogP contribution >= 0.6 is 11.6 Å². The number of rotatable bonds is 6. The molecule has 2 aromatic carbocycles. The number of hydrogen-bond acceptors (Lipinski definition) is 4. The number of halogens is 1. The number of hydrogen-bond donors (Lipinski definition) is 1. The first kappa shape index (κ1) is 19.5. The molecule has 0 aliphatic heterocycles. The van der Waals surface area contributed by atoms with E-state index in [0.717, 1.165) is 0 Å². The van der Waals surface area contributed by atoms with Crippen molar-refractivity contribution in [2.75, 3.05) is 0 Å². The van der Waals surface area contributed by atoms with E-state index in [1.54, 1.807) is 62.4 Å². The van der Waals surface area contributed by atoms with Gasteiger partial charge in [-0.15, -0.1) is 0 Å². The highest BCUT2D eigenvalue weighted by Crippen LogP contribution is 2.26. The average Bonchev–Trinajstić information content (AvgIpc) is 2.61. The highest BCUT2D eigenvalue weighted by molar-refractivity contribution is 6.31. The van der Waals surface area contributed by atoms with Gasteiger partial charge in [0.25, 0.3) is 5.91 Å². The minimum Gasteiger partial charge on any atom is -0.463 e. The molecule has 134 valence electrons. The molecule has 0 heterocycles. The summed E-state index contributed by atoms with van der Waals surface area (Å²) in [6, 6.07) is 14.6. The van der Waals surface area contributed by atoms with Crippen molar-refractivity contribution in [1.29, 1.82) is 5.26 Å². The third-order valence-corrected chi connectivity index (χ3v) is 3.94. The van der Waals surface area contributed by atoms with Crippen molar-refractivity contribution < 1.29 is 14.3 Å². The van der Waals surface area contributed by atoms with Crippen LogP contribution in [0.3, 0.4) is 0 Å². The van der Waals surface area contributed by atoms with Gasteiger partial charge in [0.1, 0.15) is 0 Å². The summed E-state index contributed by atoms with van der Waals surface area (Å²) in [5, 5.41) is 12.1. The van der Waals surface area contributed by atoms with Gasteiger partial charge in [-0.2, -0.15) is 5.26 Å². The van der Waals surface area contributed by atoms with Gasteiger partial charge in [0, 0.05) is 10.6 Å². The molecule has 1 atom stereocenters. The van der Waals surface area contributed by atoms with E-state index < -0.39 is 12.0 Å². The van der Waals surface area contributed by atoms with Crippen LogP contribution in [0, 0.1) is 11.3 Å². The third kappa shape index (κ3) is 5.33. The number of nitrogens with zero attached hydrogens (tertiary/aromatic N) is 1. The molecular formula is C20H19ClN2O3. The molecule has 1 amide bonds. The number of amides is 1. The quantitative estimate of drug-likeness (QED) is 0.779. The summed E-state index contributed by atoms with van der Waals surface area (Å²) in [6.45, 7) is 3.52. The largest absolute Gasteiger partial charge is 0.463 e. The van der Waals surface area contributed by atoms with Crippen LogP contribution in [0.2, 0.25) is 5.02 Å². The molecule has 0 aliphatic rings. The van der Waals surface area contributed by atoms with Crippen LogP contribution in [0.5, 0.6) is 0 Å². The van der Waals surface area contributed by atoms with Gasteiger partial charge in [0.2, 0.25) is 0 Å². The Labute approximate surface area is 157 Å². The second-order valence-electron chi connectivity index (χ2n) is 5.98. The summed E-state index contributed by atoms with van der Waals surface area (Å²) < 4.78 is 5.19. The summed E-state index contributed by atoms with van der Waals surface area (Å²) in [4.78, 5) is 24.7. The number of esters is 1. The predicted octanol–water partition coefficient (Wildman–Crippen LogP) is 4.02. The monoisotopic (exact) mass is 370 g/mol. The zero-order valence-corrected chi connectivity index (χ0v) is 15.3. The smallest absolute Gasteiger partial charge is 0.308 e. The number of nitrogens with one attached hydrogen (secondary N) is 1. The number of carbonyl (C=O) groups excluding carboxylic acids is 2. The summed E-state index contributed by atoms with van der Waals surface area (Å²) in [7, 11) is 0. The number of nitriles is 1. The fraction of sp³-hybridized carbons (Fsp3) is 0.250. The maximum Gasteiger partial charge on any atom is 0.308 e. The van der Waals surface area contributed by atoms with Crippen LogP contribution in [-0.4, -0.2) is 18.0 Å². The molecule has 6 heteroatoms. The van der Waals surface area contributed by atoms with Gasteiger partial charge < -0.3 is 10.1 Å². The normalized spacial score (nSPS) is 11.5. The van der Waals surface area contributed by atoms with E-state index >= 15 is 0 Å². The zero-order chi connectivity index (χ0) is 19.1. The lowest BCUT2D eigenvalue weighted by atomic mass is 10.0. The van der Waals surface area contributed by atoms with Crippen LogP contribution in [0.4, 0.5) is 0 Å². The molecule has 0 radical (unpaired) electrons. The number of ether oxygens (including phenoxy) is 1. The van der Waals surface area contributed by atoms with Crippen molar-refractivity contribution in [2.24, 2.45) is 0 Å². The molecule has 0 aliphatic carbocycles. The Bertz CT molecular complexity index is 826. The van der Waals surface area contributed by atoms with E-state index in [-0.39, 0.29) is 18.4 Å². The van der Waals surface area contributed by atoms with Crippen molar-refractivity contribution in [3.8, 4) is 6.07 Å². The van der Waals surface area contributed by atoms with Crippen molar-refractivity contribution in [3.63, 3.8) is 0 Å². The van der Waals surface area contributed by atoms with E-state index in [9.17, 15) is 9.59 Å². The molecule has 0 aromatic heterocycles. The first-order valence-corrected chi connectivity index (χ1v) is 8.53. The summed E-state index contributed by atoms with van der Waals surface area (Å²) in [5.41, 5.74) is 1.49. The van der Waals surface area contributed by atoms with Crippen molar-refractivity contribution >= 4 is 23.5 Å². The maximum absolute atomic E-state index is 12.6. The molecule has 0 bridgehead atoms. The minimum atomic E-state index is -0.627. The average molecular weight is 371 g/mol. The van der Waals surface area contributed by atoms with Crippen molar-refractivity contribution in [1.82, 2.24) is 5.32 Å². The Morgan fingerprint density at radius 1 is 1.15 bits per heavy atom. The Balaban J connectivity index is 2.22. The molecule has 0 saturated carbocycles. The molecule has 2 aromatic rings. The standard InChI is InChI=1S/C20H19ClN2O3/c1-13(2)26-19(24)11-18(16-5-3-4-6-17(16)21)23-20(25)15-9-7-14(12-22)8-10-15/h3-10,13,18H,11H2,1-2H3,(H,23,25). The molecule has 5 nitrogen and oxygen atoms in total. The van der Waals surface area contributed by atoms with E-state index in [4.69, 9.17) is 21.6 Å². The van der Waals surface area contributed by atoms with E-state index in [2.05, 4.69) is 5.32 Å². The predicted molar refractivity (Wildman–Crippen MR) is 98.7 cm³/mol. The Morgan fingerprint density at radius 2 is 1.81 bits per heavy atom. The van der Waals surface area contributed by atoms with Crippen molar-refractivity contribution in [2.45, 2.75) is 32.4 Å². The van der Waals surface area contributed by atoms with E-state index in [1.807, 2.05) is 6.07 Å². The topological polar surface area (TPSA) is 79.2 Å². The fourth-order valence-electron chi connectivity index (χ4n) is 2.41. The second kappa shape index (κ2) is 9.02. The first-order valence-electron chi connectivity index (χ1n) is 8.15. The molecule has 1 unspecified atom stereocenters. The van der Waals surface area contributed by atoms with Gasteiger partial charge in [-0.05, 0) is 49.7 Å². The fourth-order valence-corrected chi connectivity index (χ4v) is 2.68. The SMILES string of the molecule is CC(C)OC(=O)CC(NC(=O)c1ccc(C#N)cc1)c1ccccc1Cl. The van der Waals surface area contributed by atoms with Gasteiger partial charge in [-0.3, -0.25) is 9.59 Å². The molecule has 2 rings (SSSR count). The lowest BCUT2D eigenvalue weighted by molar-refractivity contribution is -0.147. The first-order chi connectivity index (χ1) is 12.4. The van der Waals surface area contributed by atoms with Crippen LogP contribution < -0.4 is 5.32 Å². The lowest BCUT2D eigenvalue weighted by Gasteiger charge is -2.20. The molecule has 1 N–H and O–H groups in total. The highest BCUT2D eigenvalue weighted by Gasteiger charge is 2.22. The van der Waals surface area contributed by atoms with Gasteiger partial charge in [0.05, 0.1) is 30.2 Å². The van der Waals surface area contributed by atoms with E-state index in [1.165, 1.54) is 0 Å². The number of benzene rings is 2. The van der Waals surface area contributed by atoms with Gasteiger partial charge in [-0.25, -0.2) is 0 Å². The summed E-state index contributed by atoms with van der Waals surface area (Å²) in [5.74, 6) is -0.790. The van der Waals surface area contributed by atoms with Gasteiger partial charge in [-0.1, -0.05) is 29.8 Å². The summed E-state index contributed by atoms with van der Waals surface area (Å²) >= 11 is 6.24. The van der Waals surface area contributed by atoms with Crippen LogP contribution in [0.25, 0.3) is 0 Å². The second-order valence-corrected chi connectivity index (χ2v) is 6.39. The van der Waals surface area contributed by atoms with Crippen molar-refractivity contribution in [3.05, 3.63) is 70.2 Å². The Kier molecular flexibility index (Phi) is 6.76. The number of carbonyl (C=O) groups is 2. The van der Waals surface area contributed by atoms with Crippen LogP contribution in [0.15, 0.2) is 48.5 Å². The third-order valence-electron chi connectivity index (χ3n) is 3.60. The van der Waals surface area contributed by atoms with Gasteiger partial charge >= 0.3 is 5.97 Å². The van der Waals surface area contributed by atoms with E-state index in [0.29, 0.717) is 21.7 Å². The molecule has 26 heavy (non-hydrogen) atoms. The Hall–Kier alpha value is -2.84. The molecule has 0 spiro atoms. The molecule has 0 fully saturated rings.